The summed E-state index contributed by atoms with van der Waals surface area (Å²) in [5, 5.41) is 27.1. The van der Waals surface area contributed by atoms with Crippen molar-refractivity contribution in [1.82, 2.24) is 20.9 Å². The molecule has 8 N–H and O–H groups in total. The molecule has 0 bridgehead atoms. The average molecular weight is 564 g/mol. The van der Waals surface area contributed by atoms with Gasteiger partial charge in [0.1, 0.15) is 18.1 Å². The van der Waals surface area contributed by atoms with Gasteiger partial charge in [0.05, 0.1) is 12.5 Å². The number of benzene rings is 1. The summed E-state index contributed by atoms with van der Waals surface area (Å²) in [6.07, 6.45) is 3.38. The Morgan fingerprint density at radius 3 is 2.18 bits per heavy atom. The molecule has 214 valence electrons. The third-order valence-electron chi connectivity index (χ3n) is 6.03. The lowest BCUT2D eigenvalue weighted by Gasteiger charge is -2.25. The van der Waals surface area contributed by atoms with Gasteiger partial charge in [-0.25, -0.2) is 4.79 Å². The van der Waals surface area contributed by atoms with E-state index < -0.39 is 60.2 Å². The Morgan fingerprint density at radius 1 is 0.949 bits per heavy atom. The van der Waals surface area contributed by atoms with E-state index in [-0.39, 0.29) is 25.2 Å². The first-order valence-electron chi connectivity index (χ1n) is 12.6. The molecule has 3 amide bonds. The minimum absolute atomic E-state index is 0.00536. The molecule has 4 unspecified atom stereocenters. The number of hydrogen-bond acceptors (Lipinski definition) is 7. The van der Waals surface area contributed by atoms with Crippen LogP contribution in [0.4, 0.5) is 0 Å². The predicted octanol–water partition coefficient (Wildman–Crippen LogP) is 0.851. The smallest absolute Gasteiger partial charge is 0.326 e. The lowest BCUT2D eigenvalue weighted by molar-refractivity contribution is -0.142. The Morgan fingerprint density at radius 2 is 1.56 bits per heavy atom. The highest BCUT2D eigenvalue weighted by molar-refractivity contribution is 7.98. The first-order chi connectivity index (χ1) is 18.4. The van der Waals surface area contributed by atoms with Gasteiger partial charge in [0, 0.05) is 23.5 Å². The molecular weight excluding hydrogens is 526 g/mol. The summed E-state index contributed by atoms with van der Waals surface area (Å²) in [7, 11) is 0. The highest BCUT2D eigenvalue weighted by Gasteiger charge is 2.31. The number of aliphatic carboxylic acids is 2. The maximum Gasteiger partial charge on any atom is 0.326 e. The summed E-state index contributed by atoms with van der Waals surface area (Å²) in [5.41, 5.74) is 7.22. The molecule has 0 saturated heterocycles. The summed E-state index contributed by atoms with van der Waals surface area (Å²) < 4.78 is 0. The molecule has 2 aromatic rings. The van der Waals surface area contributed by atoms with E-state index in [0.29, 0.717) is 5.75 Å². The maximum atomic E-state index is 13.3. The molecule has 1 aromatic carbocycles. The SMILES string of the molecule is CSCCC(NC(=O)C(N)CC(=O)O)C(=O)NC(Cc1c[nH]c2ccccc12)C(=O)NC(CC(C)C)C(=O)O. The van der Waals surface area contributed by atoms with Gasteiger partial charge >= 0.3 is 11.9 Å². The van der Waals surface area contributed by atoms with Crippen LogP contribution in [0.2, 0.25) is 0 Å². The second-order valence-corrected chi connectivity index (χ2v) is 10.7. The van der Waals surface area contributed by atoms with Crippen molar-refractivity contribution in [2.75, 3.05) is 12.0 Å². The van der Waals surface area contributed by atoms with E-state index in [4.69, 9.17) is 10.8 Å². The largest absolute Gasteiger partial charge is 0.481 e. The predicted molar refractivity (Wildman–Crippen MR) is 148 cm³/mol. The maximum absolute atomic E-state index is 13.3. The standard InChI is InChI=1S/C26H37N5O7S/c1-14(2)10-21(26(37)38)31-25(36)20(11-15-13-28-18-7-5-4-6-16(15)18)30-24(35)19(8-9-39-3)29-23(34)17(27)12-22(32)33/h4-7,13-14,17,19-21,28H,8-12,27H2,1-3H3,(H,29,34)(H,30,35)(H,31,36)(H,32,33)(H,37,38). The quantitative estimate of drug-likeness (QED) is 0.154. The summed E-state index contributed by atoms with van der Waals surface area (Å²) in [6.45, 7) is 3.67. The number of fused-ring (bicyclic) bond motifs is 1. The van der Waals surface area contributed by atoms with Crippen molar-refractivity contribution in [3.8, 4) is 0 Å². The molecule has 0 aliphatic heterocycles. The average Bonchev–Trinajstić information content (AvgIpc) is 3.27. The molecule has 1 heterocycles. The number of thioether (sulfide) groups is 1. The van der Waals surface area contributed by atoms with Crippen molar-refractivity contribution in [3.05, 3.63) is 36.0 Å². The van der Waals surface area contributed by atoms with Crippen molar-refractivity contribution < 1.29 is 34.2 Å². The summed E-state index contributed by atoms with van der Waals surface area (Å²) in [6, 6.07) is 2.66. The third-order valence-corrected chi connectivity index (χ3v) is 6.67. The molecular formula is C26H37N5O7S. The number of carboxylic acid groups (broad SMARTS) is 2. The van der Waals surface area contributed by atoms with Gasteiger partial charge in [0.2, 0.25) is 17.7 Å². The zero-order valence-corrected chi connectivity index (χ0v) is 23.0. The molecule has 12 nitrogen and oxygen atoms in total. The van der Waals surface area contributed by atoms with Crippen LogP contribution < -0.4 is 21.7 Å². The number of carbonyl (C=O) groups excluding carboxylic acids is 3. The number of nitrogens with two attached hydrogens (primary N) is 1. The van der Waals surface area contributed by atoms with Gasteiger partial charge in [-0.1, -0.05) is 32.0 Å². The van der Waals surface area contributed by atoms with Gasteiger partial charge in [-0.2, -0.15) is 11.8 Å². The van der Waals surface area contributed by atoms with Crippen LogP contribution in [0.1, 0.15) is 38.7 Å². The normalized spacial score (nSPS) is 14.3. The third kappa shape index (κ3) is 9.91. The van der Waals surface area contributed by atoms with Gasteiger partial charge in [-0.05, 0) is 42.4 Å². The number of nitrogens with one attached hydrogen (secondary N) is 4. The number of para-hydroxylation sites is 1. The Balaban J connectivity index is 2.31. The Hall–Kier alpha value is -3.58. The number of rotatable bonds is 16. The molecule has 0 spiro atoms. The number of amides is 3. The molecule has 4 atom stereocenters. The molecule has 0 aliphatic carbocycles. The van der Waals surface area contributed by atoms with Crippen LogP contribution in [0.15, 0.2) is 30.5 Å². The molecule has 39 heavy (non-hydrogen) atoms. The minimum Gasteiger partial charge on any atom is -0.481 e. The number of aromatic amines is 1. The van der Waals surface area contributed by atoms with E-state index in [1.54, 1.807) is 6.20 Å². The number of carbonyl (C=O) groups is 5. The van der Waals surface area contributed by atoms with Gasteiger partial charge in [0.25, 0.3) is 0 Å². The van der Waals surface area contributed by atoms with Crippen LogP contribution in [0, 0.1) is 5.92 Å². The molecule has 2 rings (SSSR count). The molecule has 0 aliphatic rings. The number of carboxylic acids is 2. The highest BCUT2D eigenvalue weighted by Crippen LogP contribution is 2.19. The van der Waals surface area contributed by atoms with Crippen LogP contribution in [0.3, 0.4) is 0 Å². The van der Waals surface area contributed by atoms with E-state index in [1.165, 1.54) is 11.8 Å². The fourth-order valence-electron chi connectivity index (χ4n) is 4.03. The summed E-state index contributed by atoms with van der Waals surface area (Å²) in [5.74, 6) is -4.12. The fraction of sp³-hybridized carbons (Fsp3) is 0.500. The zero-order chi connectivity index (χ0) is 29.1. The van der Waals surface area contributed by atoms with Crippen LogP contribution in [-0.4, -0.2) is 81.0 Å². The van der Waals surface area contributed by atoms with E-state index in [1.807, 2.05) is 44.4 Å². The van der Waals surface area contributed by atoms with Crippen molar-refractivity contribution in [2.45, 2.75) is 63.7 Å². The zero-order valence-electron chi connectivity index (χ0n) is 22.2. The Bertz CT molecular complexity index is 1170. The highest BCUT2D eigenvalue weighted by atomic mass is 32.2. The van der Waals surface area contributed by atoms with Gasteiger partial charge in [0.15, 0.2) is 0 Å². The van der Waals surface area contributed by atoms with Crippen molar-refractivity contribution in [2.24, 2.45) is 11.7 Å². The molecule has 13 heteroatoms. The minimum atomic E-state index is -1.36. The first kappa shape index (κ1) is 31.6. The first-order valence-corrected chi connectivity index (χ1v) is 14.0. The van der Waals surface area contributed by atoms with Crippen molar-refractivity contribution in [1.29, 1.82) is 0 Å². The van der Waals surface area contributed by atoms with Crippen LogP contribution in [0.5, 0.6) is 0 Å². The second-order valence-electron chi connectivity index (χ2n) is 9.70. The van der Waals surface area contributed by atoms with Crippen molar-refractivity contribution in [3.63, 3.8) is 0 Å². The van der Waals surface area contributed by atoms with E-state index >= 15 is 0 Å². The topological polar surface area (TPSA) is 204 Å². The number of H-pyrrole nitrogens is 1. The van der Waals surface area contributed by atoms with E-state index in [2.05, 4.69) is 20.9 Å². The van der Waals surface area contributed by atoms with Crippen molar-refractivity contribution >= 4 is 52.3 Å². The van der Waals surface area contributed by atoms with Crippen LogP contribution in [0.25, 0.3) is 10.9 Å². The van der Waals surface area contributed by atoms with E-state index in [0.717, 1.165) is 16.5 Å². The lowest BCUT2D eigenvalue weighted by Crippen LogP contribution is -2.58. The van der Waals surface area contributed by atoms with Gasteiger partial charge in [-0.15, -0.1) is 0 Å². The van der Waals surface area contributed by atoms with Gasteiger partial charge < -0.3 is 36.9 Å². The number of hydrogen-bond donors (Lipinski definition) is 7. The fourth-order valence-corrected chi connectivity index (χ4v) is 4.50. The monoisotopic (exact) mass is 563 g/mol. The van der Waals surface area contributed by atoms with Crippen LogP contribution >= 0.6 is 11.8 Å². The molecule has 0 saturated carbocycles. The van der Waals surface area contributed by atoms with Gasteiger partial charge in [-0.3, -0.25) is 19.2 Å². The van der Waals surface area contributed by atoms with Crippen LogP contribution in [-0.2, 0) is 30.4 Å². The van der Waals surface area contributed by atoms with E-state index in [9.17, 15) is 29.1 Å². The lowest BCUT2D eigenvalue weighted by atomic mass is 10.0. The molecule has 1 aromatic heterocycles. The summed E-state index contributed by atoms with van der Waals surface area (Å²) >= 11 is 1.44. The summed E-state index contributed by atoms with van der Waals surface area (Å²) in [4.78, 5) is 65.0. The molecule has 0 fully saturated rings. The number of aromatic nitrogens is 1. The second kappa shape index (κ2) is 15.1. The Kier molecular flexibility index (Phi) is 12.3. The Labute approximate surface area is 230 Å². The molecule has 0 radical (unpaired) electrons.